The molecular formula is C25H18O2. The van der Waals surface area contributed by atoms with Gasteiger partial charge in [-0.25, -0.2) is 0 Å². The molecule has 130 valence electrons. The highest BCUT2D eigenvalue weighted by Gasteiger charge is 2.28. The molecule has 0 amide bonds. The van der Waals surface area contributed by atoms with Gasteiger partial charge in [0.1, 0.15) is 17.3 Å². The van der Waals surface area contributed by atoms with Crippen LogP contribution in [0.1, 0.15) is 17.2 Å². The predicted molar refractivity (Wildman–Crippen MR) is 109 cm³/mol. The monoisotopic (exact) mass is 350 g/mol. The van der Waals surface area contributed by atoms with E-state index in [9.17, 15) is 0 Å². The van der Waals surface area contributed by atoms with Crippen molar-refractivity contribution in [3.63, 3.8) is 0 Å². The van der Waals surface area contributed by atoms with E-state index in [4.69, 9.17) is 9.47 Å². The summed E-state index contributed by atoms with van der Waals surface area (Å²) in [4.78, 5) is 0. The number of rotatable bonds is 4. The number of hydrogen-bond acceptors (Lipinski definition) is 2. The summed E-state index contributed by atoms with van der Waals surface area (Å²) in [5.41, 5.74) is 2.28. The summed E-state index contributed by atoms with van der Waals surface area (Å²) in [5, 5.41) is 2.43. The van der Waals surface area contributed by atoms with Gasteiger partial charge in [-0.1, -0.05) is 72.8 Å². The molecule has 0 aliphatic heterocycles. The molecule has 0 saturated heterocycles. The van der Waals surface area contributed by atoms with Crippen LogP contribution in [0.5, 0.6) is 11.5 Å². The minimum Gasteiger partial charge on any atom is -0.478 e. The fourth-order valence-corrected chi connectivity index (χ4v) is 3.59. The largest absolute Gasteiger partial charge is 0.478 e. The first-order valence-corrected chi connectivity index (χ1v) is 9.06. The topological polar surface area (TPSA) is 18.5 Å². The third kappa shape index (κ3) is 2.96. The van der Waals surface area contributed by atoms with Crippen LogP contribution in [0.15, 0.2) is 103 Å². The second-order valence-corrected chi connectivity index (χ2v) is 6.57. The van der Waals surface area contributed by atoms with E-state index in [0.29, 0.717) is 0 Å². The maximum atomic E-state index is 6.39. The van der Waals surface area contributed by atoms with Gasteiger partial charge >= 0.3 is 0 Å². The summed E-state index contributed by atoms with van der Waals surface area (Å²) in [5.74, 6) is 2.41. The lowest BCUT2D eigenvalue weighted by molar-refractivity contribution is 0.189. The zero-order valence-electron chi connectivity index (χ0n) is 14.7. The van der Waals surface area contributed by atoms with Crippen molar-refractivity contribution >= 4 is 16.8 Å². The van der Waals surface area contributed by atoms with Gasteiger partial charge in [0.05, 0.1) is 0 Å². The average Bonchev–Trinajstić information content (AvgIpc) is 2.72. The predicted octanol–water partition coefficient (Wildman–Crippen LogP) is 6.39. The number of ether oxygens (including phenoxy) is 2. The van der Waals surface area contributed by atoms with Crippen molar-refractivity contribution in [3.8, 4) is 11.5 Å². The van der Waals surface area contributed by atoms with Crippen LogP contribution in [0, 0.1) is 0 Å². The molecule has 0 heterocycles. The summed E-state index contributed by atoms with van der Waals surface area (Å²) in [6.45, 7) is 0. The molecule has 4 aromatic rings. The summed E-state index contributed by atoms with van der Waals surface area (Å²) < 4.78 is 12.7. The Balaban J connectivity index is 1.64. The van der Waals surface area contributed by atoms with Crippen LogP contribution in [-0.2, 0) is 0 Å². The number of para-hydroxylation sites is 2. The maximum Gasteiger partial charge on any atom is 0.182 e. The highest BCUT2D eigenvalue weighted by Crippen LogP contribution is 2.40. The van der Waals surface area contributed by atoms with Crippen LogP contribution in [0.2, 0.25) is 0 Å². The SMILES string of the molecule is C1=C(Oc2ccccc2)C(Oc2ccccc2)c2cccc3cccc1c23. The van der Waals surface area contributed by atoms with E-state index in [-0.39, 0.29) is 6.10 Å². The van der Waals surface area contributed by atoms with E-state index in [1.807, 2.05) is 60.7 Å². The third-order valence-electron chi connectivity index (χ3n) is 4.78. The van der Waals surface area contributed by atoms with E-state index < -0.39 is 0 Å². The van der Waals surface area contributed by atoms with Crippen LogP contribution in [0.4, 0.5) is 0 Å². The quantitative estimate of drug-likeness (QED) is 0.424. The standard InChI is InChI=1S/C25H18O2/c1-3-12-20(13-4-1)26-23-17-19-11-7-9-18-10-8-16-22(24(18)19)25(23)27-21-14-5-2-6-15-21/h1-17,25H. The zero-order valence-corrected chi connectivity index (χ0v) is 14.7. The molecule has 0 aromatic heterocycles. The highest BCUT2D eigenvalue weighted by atomic mass is 16.5. The molecule has 2 heteroatoms. The van der Waals surface area contributed by atoms with E-state index in [2.05, 4.69) is 42.5 Å². The van der Waals surface area contributed by atoms with Gasteiger partial charge < -0.3 is 9.47 Å². The van der Waals surface area contributed by atoms with Gasteiger partial charge in [-0.2, -0.15) is 0 Å². The minimum absolute atomic E-state index is 0.300. The zero-order chi connectivity index (χ0) is 18.1. The first kappa shape index (κ1) is 15.7. The third-order valence-corrected chi connectivity index (χ3v) is 4.78. The van der Waals surface area contributed by atoms with E-state index in [1.165, 1.54) is 10.8 Å². The molecule has 1 atom stereocenters. The maximum absolute atomic E-state index is 6.39. The Morgan fingerprint density at radius 3 is 2.00 bits per heavy atom. The van der Waals surface area contributed by atoms with Gasteiger partial charge in [-0.15, -0.1) is 0 Å². The smallest absolute Gasteiger partial charge is 0.182 e. The molecule has 0 N–H and O–H groups in total. The van der Waals surface area contributed by atoms with E-state index in [1.54, 1.807) is 0 Å². The molecule has 0 spiro atoms. The lowest BCUT2D eigenvalue weighted by Gasteiger charge is -2.27. The van der Waals surface area contributed by atoms with E-state index in [0.717, 1.165) is 28.4 Å². The fraction of sp³-hybridized carbons (Fsp3) is 0.0400. The molecule has 1 aliphatic carbocycles. The molecule has 2 nitrogen and oxygen atoms in total. The Morgan fingerprint density at radius 2 is 1.26 bits per heavy atom. The Morgan fingerprint density at radius 1 is 0.593 bits per heavy atom. The summed E-state index contributed by atoms with van der Waals surface area (Å²) in [7, 11) is 0. The van der Waals surface area contributed by atoms with Crippen molar-refractivity contribution in [2.24, 2.45) is 0 Å². The van der Waals surface area contributed by atoms with Gasteiger partial charge in [-0.05, 0) is 46.7 Å². The number of benzene rings is 4. The van der Waals surface area contributed by atoms with E-state index >= 15 is 0 Å². The van der Waals surface area contributed by atoms with Gasteiger partial charge in [0.2, 0.25) is 0 Å². The molecular weight excluding hydrogens is 332 g/mol. The van der Waals surface area contributed by atoms with Crippen LogP contribution >= 0.6 is 0 Å². The second kappa shape index (κ2) is 6.65. The first-order chi connectivity index (χ1) is 13.4. The summed E-state index contributed by atoms with van der Waals surface area (Å²) in [6, 6.07) is 32.4. The van der Waals surface area contributed by atoms with Crippen LogP contribution in [0.25, 0.3) is 16.8 Å². The van der Waals surface area contributed by atoms with Crippen LogP contribution < -0.4 is 9.47 Å². The molecule has 0 saturated carbocycles. The normalized spacial score (nSPS) is 15.3. The van der Waals surface area contributed by atoms with Crippen molar-refractivity contribution in [3.05, 3.63) is 114 Å². The Hall–Kier alpha value is -3.52. The fourth-order valence-electron chi connectivity index (χ4n) is 3.59. The van der Waals surface area contributed by atoms with Crippen molar-refractivity contribution in [2.75, 3.05) is 0 Å². The average molecular weight is 350 g/mol. The molecule has 27 heavy (non-hydrogen) atoms. The van der Waals surface area contributed by atoms with Gasteiger partial charge in [0.25, 0.3) is 0 Å². The molecule has 5 rings (SSSR count). The molecule has 4 aromatic carbocycles. The highest BCUT2D eigenvalue weighted by molar-refractivity contribution is 5.96. The summed E-state index contributed by atoms with van der Waals surface area (Å²) in [6.07, 6.45) is 1.79. The van der Waals surface area contributed by atoms with Gasteiger partial charge in [-0.3, -0.25) is 0 Å². The van der Waals surface area contributed by atoms with Crippen molar-refractivity contribution in [1.82, 2.24) is 0 Å². The Labute approximate surface area is 158 Å². The van der Waals surface area contributed by atoms with Crippen molar-refractivity contribution in [2.45, 2.75) is 6.10 Å². The van der Waals surface area contributed by atoms with Crippen LogP contribution in [0.3, 0.4) is 0 Å². The summed E-state index contributed by atoms with van der Waals surface area (Å²) >= 11 is 0. The van der Waals surface area contributed by atoms with Gasteiger partial charge in [0.15, 0.2) is 6.10 Å². The number of hydrogen-bond donors (Lipinski definition) is 0. The lowest BCUT2D eigenvalue weighted by Crippen LogP contribution is -2.18. The van der Waals surface area contributed by atoms with Crippen molar-refractivity contribution < 1.29 is 9.47 Å². The minimum atomic E-state index is -0.300. The Kier molecular flexibility index (Phi) is 3.87. The lowest BCUT2D eigenvalue weighted by atomic mass is 9.90. The van der Waals surface area contributed by atoms with Crippen molar-refractivity contribution in [1.29, 1.82) is 0 Å². The molecule has 0 bridgehead atoms. The first-order valence-electron chi connectivity index (χ1n) is 9.06. The Bertz CT molecular complexity index is 1110. The molecule has 0 radical (unpaired) electrons. The van der Waals surface area contributed by atoms with Gasteiger partial charge in [0, 0.05) is 5.56 Å². The van der Waals surface area contributed by atoms with Crippen LogP contribution in [-0.4, -0.2) is 0 Å². The molecule has 0 fully saturated rings. The molecule has 1 aliphatic rings. The second-order valence-electron chi connectivity index (χ2n) is 6.57. The molecule has 1 unspecified atom stereocenters.